The third-order valence-corrected chi connectivity index (χ3v) is 5.04. The fourth-order valence-corrected chi connectivity index (χ4v) is 4.04. The van der Waals surface area contributed by atoms with E-state index in [-0.39, 0.29) is 0 Å². The molecule has 1 nitrogen and oxygen atoms in total. The first-order valence-electron chi connectivity index (χ1n) is 8.31. The molecule has 1 saturated carbocycles. The summed E-state index contributed by atoms with van der Waals surface area (Å²) >= 11 is 0. The minimum absolute atomic E-state index is 0.657. The van der Waals surface area contributed by atoms with Crippen LogP contribution >= 0.6 is 0 Å². The van der Waals surface area contributed by atoms with Gasteiger partial charge in [-0.1, -0.05) is 38.0 Å². The van der Waals surface area contributed by atoms with Crippen LogP contribution in [0.5, 0.6) is 0 Å². The van der Waals surface area contributed by atoms with Gasteiger partial charge in [0.2, 0.25) is 0 Å². The summed E-state index contributed by atoms with van der Waals surface area (Å²) in [5.74, 6) is 1.78. The van der Waals surface area contributed by atoms with Crippen LogP contribution in [-0.2, 0) is 6.42 Å². The molecular weight excluding hydrogens is 242 g/mol. The second-order valence-corrected chi connectivity index (χ2v) is 6.92. The summed E-state index contributed by atoms with van der Waals surface area (Å²) < 4.78 is 0. The molecule has 0 heterocycles. The summed E-state index contributed by atoms with van der Waals surface area (Å²) in [6.45, 7) is 12.5. The molecule has 112 valence electrons. The number of aryl methyl sites for hydroxylation is 3. The van der Waals surface area contributed by atoms with Crippen molar-refractivity contribution in [2.24, 2.45) is 11.8 Å². The molecule has 1 aliphatic carbocycles. The van der Waals surface area contributed by atoms with Gasteiger partial charge >= 0.3 is 0 Å². The number of likely N-dealkylation sites (N-methyl/N-ethyl adjacent to an activating group) is 1. The van der Waals surface area contributed by atoms with Gasteiger partial charge in [-0.25, -0.2) is 0 Å². The van der Waals surface area contributed by atoms with Gasteiger partial charge in [0.1, 0.15) is 0 Å². The van der Waals surface area contributed by atoms with Crippen LogP contribution in [0.25, 0.3) is 0 Å². The van der Waals surface area contributed by atoms with E-state index in [2.05, 4.69) is 52.1 Å². The molecule has 0 spiro atoms. The van der Waals surface area contributed by atoms with Crippen LogP contribution in [0.3, 0.4) is 0 Å². The van der Waals surface area contributed by atoms with Crippen molar-refractivity contribution in [2.75, 3.05) is 6.54 Å². The molecule has 0 aliphatic heterocycles. The maximum absolute atomic E-state index is 3.76. The normalized spacial score (nSPS) is 24.1. The molecule has 2 rings (SSSR count). The molecule has 0 bridgehead atoms. The van der Waals surface area contributed by atoms with Crippen molar-refractivity contribution in [3.05, 3.63) is 34.4 Å². The summed E-state index contributed by atoms with van der Waals surface area (Å²) in [5, 5.41) is 3.76. The second kappa shape index (κ2) is 6.76. The van der Waals surface area contributed by atoms with E-state index in [0.717, 1.165) is 18.4 Å². The minimum Gasteiger partial charge on any atom is -0.314 e. The highest BCUT2D eigenvalue weighted by molar-refractivity contribution is 5.38. The van der Waals surface area contributed by atoms with E-state index in [1.165, 1.54) is 42.4 Å². The minimum atomic E-state index is 0.657. The van der Waals surface area contributed by atoms with Gasteiger partial charge in [-0.15, -0.1) is 0 Å². The van der Waals surface area contributed by atoms with E-state index in [1.807, 2.05) is 0 Å². The second-order valence-electron chi connectivity index (χ2n) is 6.92. The molecule has 1 N–H and O–H groups in total. The molecule has 1 aromatic carbocycles. The Bertz CT molecular complexity index is 426. The Morgan fingerprint density at radius 1 is 1.15 bits per heavy atom. The molecule has 1 fully saturated rings. The zero-order valence-corrected chi connectivity index (χ0v) is 13.9. The molecule has 1 aliphatic rings. The lowest BCUT2D eigenvalue weighted by Gasteiger charge is -2.26. The summed E-state index contributed by atoms with van der Waals surface area (Å²) in [6.07, 6.45) is 5.42. The topological polar surface area (TPSA) is 12.0 Å². The van der Waals surface area contributed by atoms with Crippen LogP contribution in [-0.4, -0.2) is 12.6 Å². The molecule has 3 unspecified atom stereocenters. The first-order valence-corrected chi connectivity index (χ1v) is 8.31. The Labute approximate surface area is 125 Å². The molecule has 0 amide bonds. The number of nitrogens with one attached hydrogen (secondary N) is 1. The summed E-state index contributed by atoms with van der Waals surface area (Å²) in [6, 6.07) is 5.33. The lowest BCUT2D eigenvalue weighted by Crippen LogP contribution is -2.37. The van der Waals surface area contributed by atoms with Gasteiger partial charge in [-0.2, -0.15) is 0 Å². The highest BCUT2D eigenvalue weighted by atomic mass is 14.9. The Morgan fingerprint density at radius 3 is 2.30 bits per heavy atom. The van der Waals surface area contributed by atoms with E-state index in [9.17, 15) is 0 Å². The Balaban J connectivity index is 2.16. The predicted octanol–water partition coefficient (Wildman–Crippen LogP) is 4.57. The summed E-state index contributed by atoms with van der Waals surface area (Å²) in [4.78, 5) is 0. The van der Waals surface area contributed by atoms with Crippen LogP contribution in [0, 0.1) is 32.6 Å². The maximum atomic E-state index is 3.76. The zero-order valence-electron chi connectivity index (χ0n) is 13.9. The predicted molar refractivity (Wildman–Crippen MR) is 88.3 cm³/mol. The van der Waals surface area contributed by atoms with Gasteiger partial charge in [0.15, 0.2) is 0 Å². The third kappa shape index (κ3) is 3.63. The van der Waals surface area contributed by atoms with E-state index in [0.29, 0.717) is 6.04 Å². The fraction of sp³-hybridized carbons (Fsp3) is 0.684. The highest BCUT2D eigenvalue weighted by Crippen LogP contribution is 2.34. The number of benzene rings is 1. The maximum Gasteiger partial charge on any atom is 0.0136 e. The van der Waals surface area contributed by atoms with Gasteiger partial charge in [-0.05, 0) is 75.1 Å². The van der Waals surface area contributed by atoms with Gasteiger partial charge in [-0.3, -0.25) is 0 Å². The summed E-state index contributed by atoms with van der Waals surface area (Å²) in [7, 11) is 0. The molecule has 3 atom stereocenters. The fourth-order valence-electron chi connectivity index (χ4n) is 4.04. The number of rotatable bonds is 5. The van der Waals surface area contributed by atoms with Crippen LogP contribution in [0.4, 0.5) is 0 Å². The van der Waals surface area contributed by atoms with Crippen molar-refractivity contribution in [3.8, 4) is 0 Å². The molecule has 0 radical (unpaired) electrons. The molecule has 20 heavy (non-hydrogen) atoms. The Morgan fingerprint density at radius 2 is 1.80 bits per heavy atom. The highest BCUT2D eigenvalue weighted by Gasteiger charge is 2.28. The van der Waals surface area contributed by atoms with E-state index >= 15 is 0 Å². The van der Waals surface area contributed by atoms with Gasteiger partial charge in [0.25, 0.3) is 0 Å². The van der Waals surface area contributed by atoms with Crippen molar-refractivity contribution < 1.29 is 0 Å². The van der Waals surface area contributed by atoms with Crippen molar-refractivity contribution in [1.29, 1.82) is 0 Å². The van der Waals surface area contributed by atoms with Crippen LogP contribution in [0.1, 0.15) is 55.4 Å². The van der Waals surface area contributed by atoms with Gasteiger partial charge < -0.3 is 5.32 Å². The van der Waals surface area contributed by atoms with E-state index in [4.69, 9.17) is 0 Å². The first kappa shape index (κ1) is 15.6. The van der Waals surface area contributed by atoms with E-state index < -0.39 is 0 Å². The van der Waals surface area contributed by atoms with E-state index in [1.54, 1.807) is 5.56 Å². The Kier molecular flexibility index (Phi) is 5.26. The Hall–Kier alpha value is -0.820. The zero-order chi connectivity index (χ0) is 14.7. The average Bonchev–Trinajstić information content (AvgIpc) is 2.79. The van der Waals surface area contributed by atoms with Gasteiger partial charge in [0.05, 0.1) is 0 Å². The molecule has 1 aromatic rings. The van der Waals surface area contributed by atoms with Crippen LogP contribution in [0.15, 0.2) is 12.1 Å². The molecular formula is C19H31N. The average molecular weight is 273 g/mol. The van der Waals surface area contributed by atoms with Gasteiger partial charge in [0, 0.05) is 6.04 Å². The summed E-state index contributed by atoms with van der Waals surface area (Å²) in [5.41, 5.74) is 5.90. The quantitative estimate of drug-likeness (QED) is 0.828. The largest absolute Gasteiger partial charge is 0.314 e. The molecule has 1 heteroatoms. The monoisotopic (exact) mass is 273 g/mol. The smallest absolute Gasteiger partial charge is 0.0136 e. The third-order valence-electron chi connectivity index (χ3n) is 5.04. The van der Waals surface area contributed by atoms with Crippen molar-refractivity contribution in [2.45, 2.75) is 66.3 Å². The van der Waals surface area contributed by atoms with Crippen molar-refractivity contribution in [3.63, 3.8) is 0 Å². The molecule has 0 saturated heterocycles. The van der Waals surface area contributed by atoms with Crippen LogP contribution < -0.4 is 5.32 Å². The first-order chi connectivity index (χ1) is 9.51. The van der Waals surface area contributed by atoms with Crippen molar-refractivity contribution >= 4 is 0 Å². The van der Waals surface area contributed by atoms with Crippen LogP contribution in [0.2, 0.25) is 0 Å². The number of hydrogen-bond acceptors (Lipinski definition) is 1. The number of hydrogen-bond donors (Lipinski definition) is 1. The molecule has 0 aromatic heterocycles. The van der Waals surface area contributed by atoms with Crippen molar-refractivity contribution in [1.82, 2.24) is 5.32 Å². The lowest BCUT2D eigenvalue weighted by molar-refractivity contribution is 0.353. The standard InChI is InChI=1S/C19H31N/c1-6-20-19(17-8-7-13(2)11-17)12-18-15(4)9-14(3)10-16(18)5/h9-10,13,17,19-20H,6-8,11-12H2,1-5H3. The lowest BCUT2D eigenvalue weighted by atomic mass is 9.87. The SMILES string of the molecule is CCNC(Cc1c(C)cc(C)cc1C)C1CCC(C)C1.